The largest absolute Gasteiger partial charge is 0.299 e. The third kappa shape index (κ3) is 1.49. The van der Waals surface area contributed by atoms with Crippen molar-refractivity contribution < 1.29 is 9.59 Å². The Hall–Kier alpha value is -1.18. The molecule has 0 aromatic carbocycles. The fourth-order valence-electron chi connectivity index (χ4n) is 6.05. The van der Waals surface area contributed by atoms with E-state index in [9.17, 15) is 9.59 Å². The summed E-state index contributed by atoms with van der Waals surface area (Å²) in [6.45, 7) is 0. The van der Waals surface area contributed by atoms with Crippen molar-refractivity contribution in [2.45, 2.75) is 51.4 Å². The molecular weight excluding hydrogens is 260 g/mol. The lowest BCUT2D eigenvalue weighted by molar-refractivity contribution is -0.143. The van der Waals surface area contributed by atoms with Crippen LogP contribution < -0.4 is 0 Å². The van der Waals surface area contributed by atoms with Crippen LogP contribution in [0.4, 0.5) is 0 Å². The van der Waals surface area contributed by atoms with Gasteiger partial charge in [0.2, 0.25) is 0 Å². The molecule has 4 unspecified atom stereocenters. The van der Waals surface area contributed by atoms with Crippen LogP contribution in [0, 0.1) is 29.1 Å². The fraction of sp³-hybridized carbons (Fsp3) is 0.684. The topological polar surface area (TPSA) is 34.1 Å². The minimum Gasteiger partial charge on any atom is -0.299 e. The van der Waals surface area contributed by atoms with Gasteiger partial charge in [0.1, 0.15) is 11.6 Å². The predicted molar refractivity (Wildman–Crippen MR) is 79.5 cm³/mol. The van der Waals surface area contributed by atoms with E-state index >= 15 is 0 Å². The van der Waals surface area contributed by atoms with E-state index in [-0.39, 0.29) is 11.6 Å². The van der Waals surface area contributed by atoms with Gasteiger partial charge in [-0.05, 0) is 73.3 Å². The third-order valence-corrected chi connectivity index (χ3v) is 7.11. The van der Waals surface area contributed by atoms with E-state index in [0.29, 0.717) is 24.7 Å². The zero-order valence-corrected chi connectivity index (χ0v) is 12.4. The van der Waals surface area contributed by atoms with Crippen LogP contribution in [0.15, 0.2) is 23.3 Å². The van der Waals surface area contributed by atoms with Crippen LogP contribution in [0.5, 0.6) is 0 Å². The van der Waals surface area contributed by atoms with Crippen LogP contribution in [0.1, 0.15) is 51.4 Å². The summed E-state index contributed by atoms with van der Waals surface area (Å²) in [7, 11) is 0. The quantitative estimate of drug-likeness (QED) is 0.636. The summed E-state index contributed by atoms with van der Waals surface area (Å²) in [4.78, 5) is 25.0. The standard InChI is InChI=1S/C19H22O2/c20-17-2-1-3-18(21)19(17)9-13-7-15-11-4-5-12(6-11)16(15)8-14(13)10-19/h7-8,11-12,15-16H,1-6,9-10H2. The van der Waals surface area contributed by atoms with E-state index in [0.717, 1.165) is 31.1 Å². The van der Waals surface area contributed by atoms with E-state index in [1.54, 1.807) is 0 Å². The normalized spacial score (nSPS) is 42.9. The molecule has 4 saturated carbocycles. The van der Waals surface area contributed by atoms with Gasteiger partial charge >= 0.3 is 0 Å². The van der Waals surface area contributed by atoms with Gasteiger partial charge in [-0.3, -0.25) is 9.59 Å². The van der Waals surface area contributed by atoms with Gasteiger partial charge in [-0.2, -0.15) is 0 Å². The molecule has 0 saturated heterocycles. The molecule has 2 bridgehead atoms. The first-order chi connectivity index (χ1) is 10.2. The summed E-state index contributed by atoms with van der Waals surface area (Å²) in [6, 6.07) is 0. The third-order valence-electron chi connectivity index (χ3n) is 7.11. The van der Waals surface area contributed by atoms with Gasteiger partial charge in [0.05, 0.1) is 5.41 Å². The summed E-state index contributed by atoms with van der Waals surface area (Å²) in [5.41, 5.74) is 2.06. The predicted octanol–water partition coefficient (Wildman–Crippen LogP) is 3.62. The van der Waals surface area contributed by atoms with Crippen molar-refractivity contribution in [2.75, 3.05) is 0 Å². The minimum absolute atomic E-state index is 0.225. The molecule has 0 N–H and O–H groups in total. The number of allylic oxidation sites excluding steroid dienone is 4. The highest BCUT2D eigenvalue weighted by Crippen LogP contribution is 2.59. The molecule has 0 aromatic heterocycles. The number of hydrogen-bond donors (Lipinski definition) is 0. The molecule has 5 rings (SSSR count). The zero-order valence-electron chi connectivity index (χ0n) is 12.4. The van der Waals surface area contributed by atoms with Crippen molar-refractivity contribution in [1.29, 1.82) is 0 Å². The van der Waals surface area contributed by atoms with Crippen molar-refractivity contribution in [1.82, 2.24) is 0 Å². The van der Waals surface area contributed by atoms with E-state index in [1.807, 2.05) is 0 Å². The monoisotopic (exact) mass is 282 g/mol. The Morgan fingerprint density at radius 1 is 0.857 bits per heavy atom. The molecule has 5 aliphatic rings. The smallest absolute Gasteiger partial charge is 0.147 e. The highest BCUT2D eigenvalue weighted by atomic mass is 16.2. The van der Waals surface area contributed by atoms with Crippen molar-refractivity contribution in [3.05, 3.63) is 23.3 Å². The van der Waals surface area contributed by atoms with Gasteiger partial charge in [-0.25, -0.2) is 0 Å². The lowest BCUT2D eigenvalue weighted by atomic mass is 9.70. The molecule has 0 amide bonds. The van der Waals surface area contributed by atoms with E-state index in [1.165, 1.54) is 30.4 Å². The number of hydrogen-bond acceptors (Lipinski definition) is 2. The first-order valence-corrected chi connectivity index (χ1v) is 8.66. The Bertz CT molecular complexity index is 557. The van der Waals surface area contributed by atoms with Crippen LogP contribution in [0.3, 0.4) is 0 Å². The second kappa shape index (κ2) is 3.97. The van der Waals surface area contributed by atoms with E-state index < -0.39 is 5.41 Å². The second-order valence-corrected chi connectivity index (χ2v) is 8.01. The Morgan fingerprint density at radius 2 is 1.38 bits per heavy atom. The van der Waals surface area contributed by atoms with Crippen LogP contribution in [0.25, 0.3) is 0 Å². The van der Waals surface area contributed by atoms with Crippen LogP contribution in [-0.2, 0) is 9.59 Å². The Kier molecular flexibility index (Phi) is 2.34. The molecule has 2 heteroatoms. The van der Waals surface area contributed by atoms with Crippen molar-refractivity contribution in [3.8, 4) is 0 Å². The number of carbonyl (C=O) groups excluding carboxylic acids is 2. The number of Topliss-reactive ketones (excluding diaryl/α,β-unsaturated/α-hetero) is 2. The maximum Gasteiger partial charge on any atom is 0.147 e. The van der Waals surface area contributed by atoms with Crippen LogP contribution in [-0.4, -0.2) is 11.6 Å². The highest BCUT2D eigenvalue weighted by molar-refractivity contribution is 6.10. The molecule has 0 radical (unpaired) electrons. The van der Waals surface area contributed by atoms with Gasteiger partial charge in [-0.15, -0.1) is 0 Å². The molecule has 5 aliphatic carbocycles. The lowest BCUT2D eigenvalue weighted by Gasteiger charge is -2.31. The second-order valence-electron chi connectivity index (χ2n) is 8.01. The summed E-state index contributed by atoms with van der Waals surface area (Å²) < 4.78 is 0. The summed E-state index contributed by atoms with van der Waals surface area (Å²) in [6.07, 6.45) is 12.6. The molecule has 110 valence electrons. The fourth-order valence-corrected chi connectivity index (χ4v) is 6.05. The maximum atomic E-state index is 12.5. The molecule has 4 fully saturated rings. The molecule has 21 heavy (non-hydrogen) atoms. The summed E-state index contributed by atoms with van der Waals surface area (Å²) >= 11 is 0. The highest BCUT2D eigenvalue weighted by Gasteiger charge is 2.54. The molecule has 4 atom stereocenters. The van der Waals surface area contributed by atoms with Crippen molar-refractivity contribution in [2.24, 2.45) is 29.1 Å². The summed E-state index contributed by atoms with van der Waals surface area (Å²) in [5.74, 6) is 3.63. The van der Waals surface area contributed by atoms with E-state index in [2.05, 4.69) is 12.2 Å². The first kappa shape index (κ1) is 12.4. The Labute approximate surface area is 125 Å². The molecule has 0 heterocycles. The van der Waals surface area contributed by atoms with Crippen LogP contribution in [0.2, 0.25) is 0 Å². The van der Waals surface area contributed by atoms with Gasteiger partial charge < -0.3 is 0 Å². The Balaban J connectivity index is 1.54. The van der Waals surface area contributed by atoms with E-state index in [4.69, 9.17) is 0 Å². The molecular formula is C19H22O2. The molecule has 0 aromatic rings. The Morgan fingerprint density at radius 3 is 1.90 bits per heavy atom. The molecule has 0 aliphatic heterocycles. The first-order valence-electron chi connectivity index (χ1n) is 8.66. The van der Waals surface area contributed by atoms with Crippen molar-refractivity contribution in [3.63, 3.8) is 0 Å². The average Bonchev–Trinajstić information content (AvgIpc) is 3.15. The van der Waals surface area contributed by atoms with Crippen molar-refractivity contribution >= 4 is 11.6 Å². The van der Waals surface area contributed by atoms with Gasteiger partial charge in [-0.1, -0.05) is 12.2 Å². The number of fused-ring (bicyclic) bond motifs is 6. The number of rotatable bonds is 0. The summed E-state index contributed by atoms with van der Waals surface area (Å²) in [5, 5.41) is 0. The van der Waals surface area contributed by atoms with Gasteiger partial charge in [0, 0.05) is 12.8 Å². The molecule has 2 nitrogen and oxygen atoms in total. The van der Waals surface area contributed by atoms with Crippen LogP contribution >= 0.6 is 0 Å². The maximum absolute atomic E-state index is 12.5. The minimum atomic E-state index is -0.645. The number of carbonyl (C=O) groups is 2. The van der Waals surface area contributed by atoms with Gasteiger partial charge in [0.15, 0.2) is 0 Å². The lowest BCUT2D eigenvalue weighted by Crippen LogP contribution is -2.40. The van der Waals surface area contributed by atoms with Gasteiger partial charge in [0.25, 0.3) is 0 Å². The average molecular weight is 282 g/mol. The number of ketones is 2. The SMILES string of the molecule is O=C1CCCC(=O)C12CC1=CC3C4CCC(C4)C3C=C1C2. The zero-order chi connectivity index (χ0) is 14.2. The molecule has 1 spiro atoms.